The standard InChI is InChI=1S/C18H27NO3S/c20-18(16-8-2-1-3-9-16)17-10-12-19(13-11-17)23(21,22)14-15-6-4-5-7-15/h1-3,8-9,15,17-18,20H,4-7,10-14H2. The Morgan fingerprint density at radius 1 is 1.04 bits per heavy atom. The molecule has 1 aromatic rings. The molecule has 0 radical (unpaired) electrons. The van der Waals surface area contributed by atoms with Gasteiger partial charge in [-0.25, -0.2) is 12.7 Å². The number of rotatable bonds is 5. The predicted molar refractivity (Wildman–Crippen MR) is 91.4 cm³/mol. The van der Waals surface area contributed by atoms with E-state index in [0.29, 0.717) is 24.8 Å². The predicted octanol–water partition coefficient (Wildman–Crippen LogP) is 2.95. The molecule has 1 saturated carbocycles. The Kier molecular flexibility index (Phi) is 5.39. The van der Waals surface area contributed by atoms with Crippen LogP contribution in [0.5, 0.6) is 0 Å². The molecule has 1 atom stereocenters. The highest BCUT2D eigenvalue weighted by atomic mass is 32.2. The summed E-state index contributed by atoms with van der Waals surface area (Å²) in [6, 6.07) is 9.68. The Labute approximate surface area is 139 Å². The number of nitrogens with zero attached hydrogens (tertiary/aromatic N) is 1. The molecule has 1 heterocycles. The van der Waals surface area contributed by atoms with Gasteiger partial charge in [0.2, 0.25) is 10.0 Å². The van der Waals surface area contributed by atoms with Gasteiger partial charge in [0.25, 0.3) is 0 Å². The molecule has 0 amide bonds. The maximum absolute atomic E-state index is 12.6. The van der Waals surface area contributed by atoms with Crippen LogP contribution in [-0.4, -0.2) is 36.7 Å². The van der Waals surface area contributed by atoms with Gasteiger partial charge in [-0.2, -0.15) is 0 Å². The Hall–Kier alpha value is -0.910. The summed E-state index contributed by atoms with van der Waals surface area (Å²) < 4.78 is 26.8. The molecule has 3 rings (SSSR count). The fourth-order valence-electron chi connectivity index (χ4n) is 3.97. The summed E-state index contributed by atoms with van der Waals surface area (Å²) in [6.45, 7) is 1.09. The summed E-state index contributed by atoms with van der Waals surface area (Å²) in [7, 11) is -3.13. The first-order valence-corrected chi connectivity index (χ1v) is 10.4. The molecule has 2 aliphatic rings. The fourth-order valence-corrected chi connectivity index (χ4v) is 5.88. The quantitative estimate of drug-likeness (QED) is 0.899. The Bertz CT molecular complexity index is 588. The van der Waals surface area contributed by atoms with E-state index in [9.17, 15) is 13.5 Å². The van der Waals surface area contributed by atoms with Gasteiger partial charge in [0.15, 0.2) is 0 Å². The van der Waals surface area contributed by atoms with Crippen LogP contribution in [0.3, 0.4) is 0 Å². The molecule has 5 heteroatoms. The van der Waals surface area contributed by atoms with Crippen molar-refractivity contribution >= 4 is 10.0 Å². The molecule has 1 aromatic carbocycles. The molecule has 0 aromatic heterocycles. The third-order valence-corrected chi connectivity index (χ3v) is 7.45. The Balaban J connectivity index is 1.55. The second-order valence-corrected chi connectivity index (χ2v) is 9.03. The van der Waals surface area contributed by atoms with Crippen molar-refractivity contribution in [2.24, 2.45) is 11.8 Å². The number of aliphatic hydroxyl groups is 1. The van der Waals surface area contributed by atoms with Crippen LogP contribution >= 0.6 is 0 Å². The van der Waals surface area contributed by atoms with Crippen molar-refractivity contribution in [3.63, 3.8) is 0 Å². The second-order valence-electron chi connectivity index (χ2n) is 7.02. The summed E-state index contributed by atoms with van der Waals surface area (Å²) in [5, 5.41) is 10.5. The molecule has 1 unspecified atom stereocenters. The van der Waals surface area contributed by atoms with Gasteiger partial charge in [-0.05, 0) is 43.1 Å². The second kappa shape index (κ2) is 7.32. The number of benzene rings is 1. The molecule has 0 spiro atoms. The zero-order valence-corrected chi connectivity index (χ0v) is 14.4. The smallest absolute Gasteiger partial charge is 0.214 e. The Morgan fingerprint density at radius 3 is 2.26 bits per heavy atom. The Morgan fingerprint density at radius 2 is 1.65 bits per heavy atom. The van der Waals surface area contributed by atoms with Crippen LogP contribution < -0.4 is 0 Å². The highest BCUT2D eigenvalue weighted by molar-refractivity contribution is 7.89. The van der Waals surface area contributed by atoms with Crippen molar-refractivity contribution in [1.82, 2.24) is 4.31 Å². The maximum atomic E-state index is 12.6. The minimum Gasteiger partial charge on any atom is -0.388 e. The molecule has 0 bridgehead atoms. The molecular weight excluding hydrogens is 310 g/mol. The molecule has 2 fully saturated rings. The van der Waals surface area contributed by atoms with Gasteiger partial charge < -0.3 is 5.11 Å². The van der Waals surface area contributed by atoms with E-state index in [1.165, 1.54) is 12.8 Å². The lowest BCUT2D eigenvalue weighted by Gasteiger charge is -2.34. The molecule has 4 nitrogen and oxygen atoms in total. The first-order chi connectivity index (χ1) is 11.1. The number of hydrogen-bond donors (Lipinski definition) is 1. The zero-order valence-electron chi connectivity index (χ0n) is 13.6. The monoisotopic (exact) mass is 337 g/mol. The fraction of sp³-hybridized carbons (Fsp3) is 0.667. The lowest BCUT2D eigenvalue weighted by Crippen LogP contribution is -2.41. The molecule has 1 N–H and O–H groups in total. The van der Waals surface area contributed by atoms with E-state index in [0.717, 1.165) is 31.2 Å². The number of sulfonamides is 1. The first-order valence-electron chi connectivity index (χ1n) is 8.77. The van der Waals surface area contributed by atoms with E-state index in [2.05, 4.69) is 0 Å². The third-order valence-electron chi connectivity index (χ3n) is 5.40. The normalized spacial score (nSPS) is 23.2. The van der Waals surface area contributed by atoms with Crippen molar-refractivity contribution in [1.29, 1.82) is 0 Å². The van der Waals surface area contributed by atoms with Gasteiger partial charge in [0.1, 0.15) is 0 Å². The van der Waals surface area contributed by atoms with Gasteiger partial charge in [-0.1, -0.05) is 43.2 Å². The third kappa shape index (κ3) is 4.14. The van der Waals surface area contributed by atoms with E-state index < -0.39 is 16.1 Å². The van der Waals surface area contributed by atoms with E-state index in [4.69, 9.17) is 0 Å². The van der Waals surface area contributed by atoms with Crippen LogP contribution in [0.4, 0.5) is 0 Å². The average molecular weight is 337 g/mol. The first kappa shape index (κ1) is 16.9. The number of aliphatic hydroxyl groups excluding tert-OH is 1. The highest BCUT2D eigenvalue weighted by Gasteiger charge is 2.33. The topological polar surface area (TPSA) is 57.6 Å². The van der Waals surface area contributed by atoms with E-state index in [-0.39, 0.29) is 5.92 Å². The van der Waals surface area contributed by atoms with Crippen molar-refractivity contribution in [3.05, 3.63) is 35.9 Å². The van der Waals surface area contributed by atoms with Gasteiger partial charge in [-0.3, -0.25) is 0 Å². The summed E-state index contributed by atoms with van der Waals surface area (Å²) >= 11 is 0. The van der Waals surface area contributed by atoms with Crippen LogP contribution in [0.1, 0.15) is 50.2 Å². The van der Waals surface area contributed by atoms with E-state index >= 15 is 0 Å². The lowest BCUT2D eigenvalue weighted by molar-refractivity contribution is 0.0760. The minimum absolute atomic E-state index is 0.148. The molecule has 23 heavy (non-hydrogen) atoms. The van der Waals surface area contributed by atoms with Crippen LogP contribution in [0.2, 0.25) is 0 Å². The van der Waals surface area contributed by atoms with Crippen molar-refractivity contribution < 1.29 is 13.5 Å². The molecule has 1 aliphatic carbocycles. The van der Waals surface area contributed by atoms with Gasteiger partial charge in [-0.15, -0.1) is 0 Å². The SMILES string of the molecule is O=S(=O)(CC1CCCC1)N1CCC(C(O)c2ccccc2)CC1. The number of hydrogen-bond acceptors (Lipinski definition) is 3. The highest BCUT2D eigenvalue weighted by Crippen LogP contribution is 2.33. The van der Waals surface area contributed by atoms with E-state index in [1.807, 2.05) is 30.3 Å². The van der Waals surface area contributed by atoms with Crippen LogP contribution in [0.15, 0.2) is 30.3 Å². The van der Waals surface area contributed by atoms with Crippen molar-refractivity contribution in [2.75, 3.05) is 18.8 Å². The minimum atomic E-state index is -3.13. The van der Waals surface area contributed by atoms with Gasteiger partial charge in [0, 0.05) is 13.1 Å². The van der Waals surface area contributed by atoms with E-state index in [1.54, 1.807) is 4.31 Å². The summed E-state index contributed by atoms with van der Waals surface area (Å²) in [5.74, 6) is 0.821. The van der Waals surface area contributed by atoms with Gasteiger partial charge >= 0.3 is 0 Å². The molecule has 128 valence electrons. The van der Waals surface area contributed by atoms with Crippen LogP contribution in [0, 0.1) is 11.8 Å². The molecule has 1 saturated heterocycles. The molecular formula is C18H27NO3S. The van der Waals surface area contributed by atoms with Crippen molar-refractivity contribution in [3.8, 4) is 0 Å². The van der Waals surface area contributed by atoms with Crippen molar-refractivity contribution in [2.45, 2.75) is 44.6 Å². The molecule has 1 aliphatic heterocycles. The van der Waals surface area contributed by atoms with Crippen LogP contribution in [-0.2, 0) is 10.0 Å². The van der Waals surface area contributed by atoms with Gasteiger partial charge in [0.05, 0.1) is 11.9 Å². The summed E-state index contributed by atoms with van der Waals surface area (Å²) in [6.07, 6.45) is 5.44. The average Bonchev–Trinajstić information content (AvgIpc) is 3.07. The van der Waals surface area contributed by atoms with Crippen LogP contribution in [0.25, 0.3) is 0 Å². The summed E-state index contributed by atoms with van der Waals surface area (Å²) in [4.78, 5) is 0. The number of piperidine rings is 1. The lowest BCUT2D eigenvalue weighted by atomic mass is 9.88. The largest absolute Gasteiger partial charge is 0.388 e. The maximum Gasteiger partial charge on any atom is 0.214 e. The summed E-state index contributed by atoms with van der Waals surface area (Å²) in [5.41, 5.74) is 0.930. The zero-order chi connectivity index (χ0) is 16.3.